The quantitative estimate of drug-likeness (QED) is 0.635. The summed E-state index contributed by atoms with van der Waals surface area (Å²) < 4.78 is 11.9. The summed E-state index contributed by atoms with van der Waals surface area (Å²) in [6.07, 6.45) is -1.05. The molecule has 6 unspecified atom stereocenters. The third-order valence-electron chi connectivity index (χ3n) is 5.52. The highest BCUT2D eigenvalue weighted by molar-refractivity contribution is 4.98. The number of hydrogen-bond acceptors (Lipinski definition) is 5. The zero-order valence-corrected chi connectivity index (χ0v) is 15.6. The largest absolute Gasteiger partial charge is 0.388 e. The highest BCUT2D eigenvalue weighted by Crippen LogP contribution is 2.39. The van der Waals surface area contributed by atoms with Crippen LogP contribution in [0.15, 0.2) is 0 Å². The molecule has 0 spiro atoms. The van der Waals surface area contributed by atoms with E-state index in [1.807, 2.05) is 20.8 Å². The predicted molar refractivity (Wildman–Crippen MR) is 90.3 cm³/mol. The van der Waals surface area contributed by atoms with Crippen LogP contribution in [0.1, 0.15) is 67.2 Å². The zero-order chi connectivity index (χ0) is 17.8. The van der Waals surface area contributed by atoms with Crippen molar-refractivity contribution in [2.45, 2.75) is 103 Å². The molecular formula is C18H36O5. The standard InChI is InChI=1S/C18H36O5/c1-7-10-18(6,9-3)16-15(21)14(20)13(19)12(23-16)11-22-17(4,5)8-2/h12-16,19-21H,7-11H2,1-6H3. The number of aliphatic hydroxyl groups is 3. The van der Waals surface area contributed by atoms with E-state index in [4.69, 9.17) is 9.47 Å². The maximum Gasteiger partial charge on any atom is 0.111 e. The number of aliphatic hydroxyl groups excluding tert-OH is 3. The minimum absolute atomic E-state index is 0.203. The second kappa shape index (κ2) is 8.26. The highest BCUT2D eigenvalue weighted by atomic mass is 16.6. The van der Waals surface area contributed by atoms with Crippen molar-refractivity contribution in [3.63, 3.8) is 0 Å². The van der Waals surface area contributed by atoms with E-state index < -0.39 is 30.5 Å². The molecule has 1 aliphatic rings. The lowest BCUT2D eigenvalue weighted by atomic mass is 9.72. The molecule has 3 N–H and O–H groups in total. The predicted octanol–water partition coefficient (Wildman–Crippen LogP) is 2.26. The van der Waals surface area contributed by atoms with E-state index >= 15 is 0 Å². The first-order valence-electron chi connectivity index (χ1n) is 8.95. The summed E-state index contributed by atoms with van der Waals surface area (Å²) in [7, 11) is 0. The summed E-state index contributed by atoms with van der Waals surface area (Å²) in [6.45, 7) is 12.4. The number of hydrogen-bond donors (Lipinski definition) is 3. The lowest BCUT2D eigenvalue weighted by Gasteiger charge is -2.48. The van der Waals surface area contributed by atoms with Crippen LogP contribution < -0.4 is 0 Å². The van der Waals surface area contributed by atoms with Crippen LogP contribution in [-0.4, -0.2) is 58.0 Å². The Balaban J connectivity index is 2.89. The maximum absolute atomic E-state index is 10.4. The van der Waals surface area contributed by atoms with Crippen molar-refractivity contribution in [1.29, 1.82) is 0 Å². The Kier molecular flexibility index (Phi) is 7.48. The van der Waals surface area contributed by atoms with Crippen molar-refractivity contribution in [2.75, 3.05) is 6.61 Å². The number of ether oxygens (including phenoxy) is 2. The lowest BCUT2D eigenvalue weighted by Crippen LogP contribution is -2.62. The third kappa shape index (κ3) is 4.89. The molecule has 5 heteroatoms. The molecule has 0 aliphatic carbocycles. The van der Waals surface area contributed by atoms with Gasteiger partial charge in [0.2, 0.25) is 0 Å². The first kappa shape index (κ1) is 20.8. The van der Waals surface area contributed by atoms with Crippen LogP contribution in [0.5, 0.6) is 0 Å². The topological polar surface area (TPSA) is 79.2 Å². The van der Waals surface area contributed by atoms with Gasteiger partial charge in [-0.15, -0.1) is 0 Å². The molecule has 138 valence electrons. The van der Waals surface area contributed by atoms with Crippen LogP contribution in [0.2, 0.25) is 0 Å². The van der Waals surface area contributed by atoms with Gasteiger partial charge in [-0.3, -0.25) is 0 Å². The van der Waals surface area contributed by atoms with Crippen LogP contribution in [0, 0.1) is 5.41 Å². The van der Waals surface area contributed by atoms with Gasteiger partial charge >= 0.3 is 0 Å². The van der Waals surface area contributed by atoms with Gasteiger partial charge in [-0.2, -0.15) is 0 Å². The molecule has 1 aliphatic heterocycles. The molecule has 1 heterocycles. The molecule has 0 aromatic heterocycles. The van der Waals surface area contributed by atoms with Gasteiger partial charge in [-0.25, -0.2) is 0 Å². The second-order valence-corrected chi connectivity index (χ2v) is 7.75. The van der Waals surface area contributed by atoms with Gasteiger partial charge < -0.3 is 24.8 Å². The van der Waals surface area contributed by atoms with Crippen molar-refractivity contribution < 1.29 is 24.8 Å². The summed E-state index contributed by atoms with van der Waals surface area (Å²) in [5, 5.41) is 30.9. The van der Waals surface area contributed by atoms with Gasteiger partial charge in [0.15, 0.2) is 0 Å². The van der Waals surface area contributed by atoms with Crippen LogP contribution in [0.25, 0.3) is 0 Å². The van der Waals surface area contributed by atoms with Crippen molar-refractivity contribution in [2.24, 2.45) is 5.41 Å². The summed E-state index contributed by atoms with van der Waals surface area (Å²) in [4.78, 5) is 0. The molecule has 1 fully saturated rings. The van der Waals surface area contributed by atoms with Gasteiger partial charge in [0.25, 0.3) is 0 Å². The summed E-state index contributed by atoms with van der Waals surface area (Å²) in [5.41, 5.74) is -0.551. The molecule has 0 saturated carbocycles. The van der Waals surface area contributed by atoms with Gasteiger partial charge in [0.05, 0.1) is 18.3 Å². The minimum Gasteiger partial charge on any atom is -0.388 e. The smallest absolute Gasteiger partial charge is 0.111 e. The first-order valence-corrected chi connectivity index (χ1v) is 8.95. The minimum atomic E-state index is -1.21. The van der Waals surface area contributed by atoms with E-state index in [1.54, 1.807) is 0 Å². The highest BCUT2D eigenvalue weighted by Gasteiger charge is 2.50. The maximum atomic E-state index is 10.4. The molecule has 0 aromatic carbocycles. The molecule has 6 atom stereocenters. The molecule has 5 nitrogen and oxygen atoms in total. The lowest BCUT2D eigenvalue weighted by molar-refractivity contribution is -0.263. The Bertz CT molecular complexity index is 359. The monoisotopic (exact) mass is 332 g/mol. The normalized spacial score (nSPS) is 35.1. The molecule has 23 heavy (non-hydrogen) atoms. The molecule has 0 amide bonds. The fraction of sp³-hybridized carbons (Fsp3) is 1.00. The van der Waals surface area contributed by atoms with Gasteiger partial charge in [0, 0.05) is 0 Å². The van der Waals surface area contributed by atoms with Crippen molar-refractivity contribution in [1.82, 2.24) is 0 Å². The fourth-order valence-corrected chi connectivity index (χ4v) is 3.17. The van der Waals surface area contributed by atoms with E-state index in [-0.39, 0.29) is 17.6 Å². The average molecular weight is 332 g/mol. The molecule has 0 aromatic rings. The Labute approximate surface area is 141 Å². The van der Waals surface area contributed by atoms with Gasteiger partial charge in [-0.05, 0) is 38.5 Å². The summed E-state index contributed by atoms with van der Waals surface area (Å²) in [5.74, 6) is 0. The second-order valence-electron chi connectivity index (χ2n) is 7.75. The van der Waals surface area contributed by atoms with Crippen LogP contribution in [0.4, 0.5) is 0 Å². The number of rotatable bonds is 8. The van der Waals surface area contributed by atoms with Gasteiger partial charge in [0.1, 0.15) is 24.4 Å². The van der Waals surface area contributed by atoms with E-state index in [9.17, 15) is 15.3 Å². The third-order valence-corrected chi connectivity index (χ3v) is 5.52. The Morgan fingerprint density at radius 1 is 0.913 bits per heavy atom. The van der Waals surface area contributed by atoms with Gasteiger partial charge in [-0.1, -0.05) is 34.1 Å². The van der Waals surface area contributed by atoms with Crippen molar-refractivity contribution in [3.05, 3.63) is 0 Å². The molecular weight excluding hydrogens is 296 g/mol. The van der Waals surface area contributed by atoms with E-state index in [0.717, 1.165) is 25.7 Å². The van der Waals surface area contributed by atoms with Crippen molar-refractivity contribution in [3.8, 4) is 0 Å². The first-order chi connectivity index (χ1) is 10.6. The zero-order valence-electron chi connectivity index (χ0n) is 15.6. The SMILES string of the molecule is CCCC(C)(CC)C1OC(COC(C)(C)CC)C(O)C(O)C1O. The molecule has 0 radical (unpaired) electrons. The van der Waals surface area contributed by atoms with E-state index in [0.29, 0.717) is 0 Å². The van der Waals surface area contributed by atoms with Crippen LogP contribution >= 0.6 is 0 Å². The van der Waals surface area contributed by atoms with Crippen molar-refractivity contribution >= 4 is 0 Å². The fourth-order valence-electron chi connectivity index (χ4n) is 3.17. The average Bonchev–Trinajstić information content (AvgIpc) is 2.52. The Hall–Kier alpha value is -0.200. The summed E-state index contributed by atoms with van der Waals surface area (Å²) >= 11 is 0. The van der Waals surface area contributed by atoms with Crippen LogP contribution in [-0.2, 0) is 9.47 Å². The Morgan fingerprint density at radius 2 is 1.52 bits per heavy atom. The molecule has 1 saturated heterocycles. The van der Waals surface area contributed by atoms with Crippen LogP contribution in [0.3, 0.4) is 0 Å². The van der Waals surface area contributed by atoms with E-state index in [2.05, 4.69) is 20.8 Å². The molecule has 1 rings (SSSR count). The summed E-state index contributed by atoms with van der Waals surface area (Å²) in [6, 6.07) is 0. The molecule has 0 bridgehead atoms. The Morgan fingerprint density at radius 3 is 2.00 bits per heavy atom. The van der Waals surface area contributed by atoms with E-state index in [1.165, 1.54) is 0 Å².